The number of halogens is 3. The van der Waals surface area contributed by atoms with Gasteiger partial charge in [0.25, 0.3) is 0 Å². The highest BCUT2D eigenvalue weighted by atomic mass is 19.4. The first kappa shape index (κ1) is 16.1. The Morgan fingerprint density at radius 2 is 1.90 bits per heavy atom. The molecule has 0 heterocycles. The van der Waals surface area contributed by atoms with E-state index in [0.29, 0.717) is 18.2 Å². The van der Waals surface area contributed by atoms with Crippen molar-refractivity contribution in [1.82, 2.24) is 0 Å². The molecule has 0 atom stereocenters. The van der Waals surface area contributed by atoms with Gasteiger partial charge >= 0.3 is 6.36 Å². The molecule has 0 aliphatic rings. The summed E-state index contributed by atoms with van der Waals surface area (Å²) in [6.45, 7) is 4.77. The molecule has 0 saturated carbocycles. The summed E-state index contributed by atoms with van der Waals surface area (Å²) in [5.74, 6) is 0.485. The van der Waals surface area contributed by atoms with E-state index < -0.39 is 6.36 Å². The van der Waals surface area contributed by atoms with Gasteiger partial charge in [-0.05, 0) is 36.6 Å². The van der Waals surface area contributed by atoms with Crippen molar-refractivity contribution < 1.29 is 17.9 Å². The van der Waals surface area contributed by atoms with Crippen LogP contribution in [0.5, 0.6) is 5.75 Å². The lowest BCUT2D eigenvalue weighted by atomic mass is 10.1. The fourth-order valence-electron chi connectivity index (χ4n) is 1.37. The summed E-state index contributed by atoms with van der Waals surface area (Å²) in [5.41, 5.74) is 6.21. The van der Waals surface area contributed by atoms with Crippen molar-refractivity contribution in [2.45, 2.75) is 26.6 Å². The van der Waals surface area contributed by atoms with E-state index in [9.17, 15) is 13.2 Å². The Morgan fingerprint density at radius 1 is 1.30 bits per heavy atom. The minimum atomic E-state index is -4.69. The smallest absolute Gasteiger partial charge is 0.406 e. The monoisotopic (exact) mass is 289 g/mol. The van der Waals surface area contributed by atoms with Gasteiger partial charge in [0, 0.05) is 12.2 Å². The molecule has 0 radical (unpaired) electrons. The number of nitrogens with two attached hydrogens (primary N) is 1. The highest BCUT2D eigenvalue weighted by Gasteiger charge is 2.30. The molecule has 0 spiro atoms. The highest BCUT2D eigenvalue weighted by Crippen LogP contribution is 2.23. The Kier molecular flexibility index (Phi) is 5.66. The second kappa shape index (κ2) is 7.02. The molecule has 0 unspecified atom stereocenters. The fourth-order valence-corrected chi connectivity index (χ4v) is 1.37. The molecule has 0 aromatic heterocycles. The minimum Gasteiger partial charge on any atom is -0.406 e. The van der Waals surface area contributed by atoms with Gasteiger partial charge in [-0.25, -0.2) is 0 Å². The van der Waals surface area contributed by atoms with E-state index in [4.69, 9.17) is 5.73 Å². The summed E-state index contributed by atoms with van der Waals surface area (Å²) in [5, 5.41) is 2.80. The number of hydrogen-bond acceptors (Lipinski definition) is 2. The minimum absolute atomic E-state index is 0.232. The molecule has 0 fully saturated rings. The molecule has 1 aromatic rings. The molecular weight excluding hydrogens is 271 g/mol. The van der Waals surface area contributed by atoms with Crippen LogP contribution < -0.4 is 15.8 Å². The van der Waals surface area contributed by atoms with E-state index in [1.54, 1.807) is 0 Å². The van der Waals surface area contributed by atoms with Crippen molar-refractivity contribution in [3.8, 4) is 5.75 Å². The molecule has 4 nitrogen and oxygen atoms in total. The Hall–Kier alpha value is -1.92. The van der Waals surface area contributed by atoms with Crippen LogP contribution in [-0.2, 0) is 0 Å². The number of nitrogens with zero attached hydrogens (tertiary/aromatic N) is 1. The van der Waals surface area contributed by atoms with Crippen LogP contribution in [-0.4, -0.2) is 18.9 Å². The third-order valence-electron chi connectivity index (χ3n) is 2.35. The number of hydrogen-bond donors (Lipinski definition) is 2. The van der Waals surface area contributed by atoms with E-state index in [0.717, 1.165) is 6.42 Å². The van der Waals surface area contributed by atoms with Crippen LogP contribution in [0.1, 0.15) is 20.3 Å². The highest BCUT2D eigenvalue weighted by molar-refractivity contribution is 5.92. The first-order chi connectivity index (χ1) is 9.26. The molecule has 0 bridgehead atoms. The summed E-state index contributed by atoms with van der Waals surface area (Å²) in [4.78, 5) is 4.11. The molecule has 0 amide bonds. The number of alkyl halides is 3. The number of anilines is 1. The molecular formula is C13H18F3N3O. The maximum Gasteiger partial charge on any atom is 0.573 e. The number of nitrogens with one attached hydrogen (secondary N) is 1. The van der Waals surface area contributed by atoms with Crippen LogP contribution in [0, 0.1) is 5.92 Å². The first-order valence-corrected chi connectivity index (χ1v) is 6.19. The van der Waals surface area contributed by atoms with Crippen LogP contribution in [0.4, 0.5) is 18.9 Å². The normalized spacial score (nSPS) is 12.6. The van der Waals surface area contributed by atoms with Gasteiger partial charge in [0.05, 0.1) is 0 Å². The van der Waals surface area contributed by atoms with E-state index in [2.05, 4.69) is 28.9 Å². The summed E-state index contributed by atoms with van der Waals surface area (Å²) >= 11 is 0. The molecule has 0 aliphatic carbocycles. The third-order valence-corrected chi connectivity index (χ3v) is 2.35. The van der Waals surface area contributed by atoms with Gasteiger partial charge in [-0.2, -0.15) is 0 Å². The number of rotatable bonds is 5. The Balaban J connectivity index is 2.52. The van der Waals surface area contributed by atoms with E-state index >= 15 is 0 Å². The van der Waals surface area contributed by atoms with Gasteiger partial charge < -0.3 is 15.8 Å². The van der Waals surface area contributed by atoms with Crippen molar-refractivity contribution >= 4 is 11.6 Å². The summed E-state index contributed by atoms with van der Waals surface area (Å²) < 4.78 is 39.7. The largest absolute Gasteiger partial charge is 0.573 e. The maximum atomic E-state index is 12.0. The Labute approximate surface area is 115 Å². The molecule has 20 heavy (non-hydrogen) atoms. The topological polar surface area (TPSA) is 59.6 Å². The molecule has 112 valence electrons. The van der Waals surface area contributed by atoms with Crippen LogP contribution >= 0.6 is 0 Å². The average Bonchev–Trinajstić information content (AvgIpc) is 2.29. The molecule has 3 N–H and O–H groups in total. The number of aliphatic imine (C=N–C) groups is 1. The predicted molar refractivity (Wildman–Crippen MR) is 72.7 cm³/mol. The summed E-state index contributed by atoms with van der Waals surface area (Å²) in [7, 11) is 0. The van der Waals surface area contributed by atoms with Crippen LogP contribution in [0.25, 0.3) is 0 Å². The lowest BCUT2D eigenvalue weighted by Crippen LogP contribution is -2.23. The first-order valence-electron chi connectivity index (χ1n) is 6.19. The van der Waals surface area contributed by atoms with Gasteiger partial charge in [-0.3, -0.25) is 4.99 Å². The SMILES string of the molecule is CC(C)CCN=C(N)Nc1ccc(OC(F)(F)F)cc1. The molecule has 0 saturated heterocycles. The fraction of sp³-hybridized carbons (Fsp3) is 0.462. The van der Waals surface area contributed by atoms with Crippen molar-refractivity contribution in [1.29, 1.82) is 0 Å². The number of benzene rings is 1. The lowest BCUT2D eigenvalue weighted by molar-refractivity contribution is -0.274. The van der Waals surface area contributed by atoms with Crippen LogP contribution in [0.15, 0.2) is 29.3 Å². The van der Waals surface area contributed by atoms with Crippen LogP contribution in [0.3, 0.4) is 0 Å². The zero-order valence-corrected chi connectivity index (χ0v) is 11.4. The second-order valence-corrected chi connectivity index (χ2v) is 4.65. The maximum absolute atomic E-state index is 12.0. The van der Waals surface area contributed by atoms with Crippen molar-refractivity contribution in [2.75, 3.05) is 11.9 Å². The Bertz CT molecular complexity index is 441. The van der Waals surface area contributed by atoms with Crippen LogP contribution in [0.2, 0.25) is 0 Å². The van der Waals surface area contributed by atoms with Gasteiger partial charge in [-0.1, -0.05) is 13.8 Å². The van der Waals surface area contributed by atoms with Gasteiger partial charge in [0.15, 0.2) is 5.96 Å². The average molecular weight is 289 g/mol. The van der Waals surface area contributed by atoms with Gasteiger partial charge in [0.1, 0.15) is 5.75 Å². The molecule has 7 heteroatoms. The second-order valence-electron chi connectivity index (χ2n) is 4.65. The van der Waals surface area contributed by atoms with E-state index in [1.165, 1.54) is 24.3 Å². The standard InChI is InChI=1S/C13H18F3N3O/c1-9(2)7-8-18-12(17)19-10-3-5-11(6-4-10)20-13(14,15)16/h3-6,9H,7-8H2,1-2H3,(H3,17,18,19). The summed E-state index contributed by atoms with van der Waals surface area (Å²) in [6.07, 6.45) is -3.77. The molecule has 1 rings (SSSR count). The summed E-state index contributed by atoms with van der Waals surface area (Å²) in [6, 6.07) is 5.28. The number of guanidine groups is 1. The predicted octanol–water partition coefficient (Wildman–Crippen LogP) is 3.36. The zero-order valence-electron chi connectivity index (χ0n) is 11.4. The van der Waals surface area contributed by atoms with E-state index in [-0.39, 0.29) is 11.7 Å². The van der Waals surface area contributed by atoms with Gasteiger partial charge in [-0.15, -0.1) is 13.2 Å². The van der Waals surface area contributed by atoms with Crippen molar-refractivity contribution in [3.05, 3.63) is 24.3 Å². The lowest BCUT2D eigenvalue weighted by Gasteiger charge is -2.10. The quantitative estimate of drug-likeness (QED) is 0.645. The van der Waals surface area contributed by atoms with Gasteiger partial charge in [0.2, 0.25) is 0 Å². The van der Waals surface area contributed by atoms with E-state index in [1.807, 2.05) is 0 Å². The van der Waals surface area contributed by atoms with Crippen molar-refractivity contribution in [2.24, 2.45) is 16.6 Å². The third kappa shape index (κ3) is 6.86. The Morgan fingerprint density at radius 3 is 2.40 bits per heavy atom. The molecule has 1 aromatic carbocycles. The van der Waals surface area contributed by atoms with Crippen molar-refractivity contribution in [3.63, 3.8) is 0 Å². The zero-order chi connectivity index (χ0) is 15.2. The number of ether oxygens (including phenoxy) is 1. The molecule has 0 aliphatic heterocycles.